The standard InChI is InChI=1S/C26H28N4O2S/c1-17-9-8-10-20(15-17)27-24-25(29-22-12-7-6-11-21(22)28-24)30-33(31,32)23-16-19(26(3,4)5)14-13-18(23)2/h6-16H,1-5H3,(H,27,28)(H,29,30). The van der Waals surface area contributed by atoms with Crippen LogP contribution in [0.3, 0.4) is 0 Å². The molecule has 1 aromatic heterocycles. The van der Waals surface area contributed by atoms with E-state index < -0.39 is 10.0 Å². The van der Waals surface area contributed by atoms with E-state index in [0.717, 1.165) is 16.8 Å². The van der Waals surface area contributed by atoms with E-state index >= 15 is 0 Å². The summed E-state index contributed by atoms with van der Waals surface area (Å²) in [7, 11) is -3.91. The highest BCUT2D eigenvalue weighted by Gasteiger charge is 2.24. The van der Waals surface area contributed by atoms with Gasteiger partial charge in [0, 0.05) is 5.69 Å². The van der Waals surface area contributed by atoms with Gasteiger partial charge in [-0.05, 0) is 66.3 Å². The Labute approximate surface area is 195 Å². The van der Waals surface area contributed by atoms with Crippen molar-refractivity contribution in [3.05, 3.63) is 83.4 Å². The molecule has 33 heavy (non-hydrogen) atoms. The lowest BCUT2D eigenvalue weighted by Gasteiger charge is -2.21. The Balaban J connectivity index is 1.80. The van der Waals surface area contributed by atoms with E-state index in [2.05, 4.69) is 40.8 Å². The molecule has 0 aliphatic rings. The normalized spacial score (nSPS) is 12.0. The molecule has 0 aliphatic carbocycles. The molecule has 0 saturated carbocycles. The Kier molecular flexibility index (Phi) is 5.84. The van der Waals surface area contributed by atoms with Crippen LogP contribution in [0.2, 0.25) is 0 Å². The molecule has 3 aromatic carbocycles. The molecule has 6 nitrogen and oxygen atoms in total. The molecule has 0 unspecified atom stereocenters. The van der Waals surface area contributed by atoms with Crippen LogP contribution in [0, 0.1) is 13.8 Å². The van der Waals surface area contributed by atoms with Crippen molar-refractivity contribution in [2.45, 2.75) is 44.9 Å². The summed E-state index contributed by atoms with van der Waals surface area (Å²) < 4.78 is 29.7. The molecule has 2 N–H and O–H groups in total. The summed E-state index contributed by atoms with van der Waals surface area (Å²) in [4.78, 5) is 9.47. The van der Waals surface area contributed by atoms with Crippen LogP contribution in [-0.2, 0) is 15.4 Å². The van der Waals surface area contributed by atoms with E-state index in [1.165, 1.54) is 0 Å². The van der Waals surface area contributed by atoms with Gasteiger partial charge in [-0.2, -0.15) is 0 Å². The highest BCUT2D eigenvalue weighted by atomic mass is 32.2. The molecule has 0 amide bonds. The Bertz CT molecular complexity index is 1440. The first-order valence-corrected chi connectivity index (χ1v) is 12.3. The summed E-state index contributed by atoms with van der Waals surface area (Å²) in [6.45, 7) is 9.95. The monoisotopic (exact) mass is 460 g/mol. The molecule has 0 aliphatic heterocycles. The number of nitrogens with zero attached hydrogens (tertiary/aromatic N) is 2. The van der Waals surface area contributed by atoms with Crippen molar-refractivity contribution >= 4 is 38.4 Å². The number of nitrogens with one attached hydrogen (secondary N) is 2. The summed E-state index contributed by atoms with van der Waals surface area (Å²) in [5.74, 6) is 0.489. The molecular formula is C26H28N4O2S. The topological polar surface area (TPSA) is 84.0 Å². The molecule has 7 heteroatoms. The first-order chi connectivity index (χ1) is 15.5. The average Bonchev–Trinajstić information content (AvgIpc) is 2.73. The average molecular weight is 461 g/mol. The third-order valence-corrected chi connectivity index (χ3v) is 6.91. The van der Waals surface area contributed by atoms with E-state index in [9.17, 15) is 8.42 Å². The van der Waals surface area contributed by atoms with Gasteiger partial charge in [0.2, 0.25) is 0 Å². The van der Waals surface area contributed by atoms with Crippen molar-refractivity contribution in [1.82, 2.24) is 9.97 Å². The molecule has 4 rings (SSSR count). The summed E-state index contributed by atoms with van der Waals surface area (Å²) in [5.41, 5.74) is 4.57. The molecule has 0 saturated heterocycles. The fraction of sp³-hybridized carbons (Fsp3) is 0.231. The van der Waals surface area contributed by atoms with Crippen LogP contribution in [0.25, 0.3) is 11.0 Å². The number of rotatable bonds is 5. The molecular weight excluding hydrogens is 432 g/mol. The number of hydrogen-bond acceptors (Lipinski definition) is 5. The van der Waals surface area contributed by atoms with Gasteiger partial charge in [0.1, 0.15) is 0 Å². The van der Waals surface area contributed by atoms with Gasteiger partial charge in [-0.3, -0.25) is 4.72 Å². The summed E-state index contributed by atoms with van der Waals surface area (Å²) >= 11 is 0. The molecule has 4 aromatic rings. The second kappa shape index (κ2) is 8.48. The number of benzene rings is 3. The molecule has 0 atom stereocenters. The number of aromatic nitrogens is 2. The van der Waals surface area contributed by atoms with Crippen LogP contribution >= 0.6 is 0 Å². The predicted molar refractivity (Wildman–Crippen MR) is 135 cm³/mol. The first-order valence-electron chi connectivity index (χ1n) is 10.8. The molecule has 170 valence electrons. The highest BCUT2D eigenvalue weighted by molar-refractivity contribution is 7.92. The van der Waals surface area contributed by atoms with Crippen molar-refractivity contribution in [3.63, 3.8) is 0 Å². The van der Waals surface area contributed by atoms with Gasteiger partial charge in [-0.15, -0.1) is 0 Å². The van der Waals surface area contributed by atoms with E-state index in [1.807, 2.05) is 67.6 Å². The van der Waals surface area contributed by atoms with Gasteiger partial charge in [-0.1, -0.05) is 57.2 Å². The number of fused-ring (bicyclic) bond motifs is 1. The summed E-state index contributed by atoms with van der Waals surface area (Å²) in [6.07, 6.45) is 0. The quantitative estimate of drug-likeness (QED) is 0.377. The number of para-hydroxylation sites is 2. The summed E-state index contributed by atoms with van der Waals surface area (Å²) in [5, 5.41) is 3.23. The maximum absolute atomic E-state index is 13.5. The Morgan fingerprint density at radius 3 is 2.09 bits per heavy atom. The lowest BCUT2D eigenvalue weighted by atomic mass is 9.87. The van der Waals surface area contributed by atoms with E-state index in [4.69, 9.17) is 0 Å². The van der Waals surface area contributed by atoms with Crippen LogP contribution in [-0.4, -0.2) is 18.4 Å². The maximum atomic E-state index is 13.5. The van der Waals surface area contributed by atoms with E-state index in [0.29, 0.717) is 22.4 Å². The zero-order valence-electron chi connectivity index (χ0n) is 19.5. The number of aryl methyl sites for hydroxylation is 2. The lowest BCUT2D eigenvalue weighted by molar-refractivity contribution is 0.584. The third kappa shape index (κ3) is 4.98. The molecule has 0 radical (unpaired) electrons. The first kappa shape index (κ1) is 22.7. The largest absolute Gasteiger partial charge is 0.337 e. The van der Waals surface area contributed by atoms with Gasteiger partial charge in [0.15, 0.2) is 11.6 Å². The van der Waals surface area contributed by atoms with Gasteiger partial charge in [0.25, 0.3) is 10.0 Å². The number of sulfonamides is 1. The smallest absolute Gasteiger partial charge is 0.263 e. The second-order valence-electron chi connectivity index (χ2n) is 9.24. The SMILES string of the molecule is Cc1cccc(Nc2nc3ccccc3nc2NS(=O)(=O)c2cc(C(C)(C)C)ccc2C)c1. The minimum Gasteiger partial charge on any atom is -0.337 e. The van der Waals surface area contributed by atoms with Crippen LogP contribution in [0.4, 0.5) is 17.3 Å². The third-order valence-electron chi connectivity index (χ3n) is 5.43. The minimum absolute atomic E-state index is 0.149. The van der Waals surface area contributed by atoms with Crippen molar-refractivity contribution in [2.75, 3.05) is 10.0 Å². The van der Waals surface area contributed by atoms with Crippen molar-refractivity contribution < 1.29 is 8.42 Å². The highest BCUT2D eigenvalue weighted by Crippen LogP contribution is 2.30. The van der Waals surface area contributed by atoms with Crippen LogP contribution in [0.1, 0.15) is 37.5 Å². The van der Waals surface area contributed by atoms with E-state index in [-0.39, 0.29) is 16.1 Å². The van der Waals surface area contributed by atoms with Crippen LogP contribution < -0.4 is 10.0 Å². The van der Waals surface area contributed by atoms with Gasteiger partial charge >= 0.3 is 0 Å². The molecule has 1 heterocycles. The van der Waals surface area contributed by atoms with Crippen molar-refractivity contribution in [2.24, 2.45) is 0 Å². The van der Waals surface area contributed by atoms with Crippen molar-refractivity contribution in [1.29, 1.82) is 0 Å². The van der Waals surface area contributed by atoms with Gasteiger partial charge < -0.3 is 5.32 Å². The predicted octanol–water partition coefficient (Wildman–Crippen LogP) is 6.09. The van der Waals surface area contributed by atoms with E-state index in [1.54, 1.807) is 13.0 Å². The second-order valence-corrected chi connectivity index (χ2v) is 10.9. The van der Waals surface area contributed by atoms with Gasteiger partial charge in [-0.25, -0.2) is 18.4 Å². The fourth-order valence-corrected chi connectivity index (χ4v) is 4.84. The summed E-state index contributed by atoms with van der Waals surface area (Å²) in [6, 6.07) is 20.7. The zero-order valence-corrected chi connectivity index (χ0v) is 20.3. The molecule has 0 spiro atoms. The Hall–Kier alpha value is -3.45. The molecule has 0 bridgehead atoms. The zero-order chi connectivity index (χ0) is 23.8. The lowest BCUT2D eigenvalue weighted by Crippen LogP contribution is -2.19. The van der Waals surface area contributed by atoms with Crippen LogP contribution in [0.15, 0.2) is 71.6 Å². The van der Waals surface area contributed by atoms with Gasteiger partial charge in [0.05, 0.1) is 15.9 Å². The fourth-order valence-electron chi connectivity index (χ4n) is 3.56. The maximum Gasteiger partial charge on any atom is 0.263 e. The Morgan fingerprint density at radius 1 is 0.788 bits per heavy atom. The number of hydrogen-bond donors (Lipinski definition) is 2. The van der Waals surface area contributed by atoms with Crippen molar-refractivity contribution in [3.8, 4) is 0 Å². The Morgan fingerprint density at radius 2 is 1.45 bits per heavy atom. The van der Waals surface area contributed by atoms with Crippen LogP contribution in [0.5, 0.6) is 0 Å². The number of anilines is 3. The molecule has 0 fully saturated rings. The minimum atomic E-state index is -3.91.